The Morgan fingerprint density at radius 3 is 2.80 bits per heavy atom. The first-order chi connectivity index (χ1) is 9.17. The van der Waals surface area contributed by atoms with Crippen molar-refractivity contribution in [2.24, 2.45) is 5.73 Å². The number of nitrogens with zero attached hydrogens (tertiary/aromatic N) is 1. The van der Waals surface area contributed by atoms with Crippen LogP contribution in [0.15, 0.2) is 24.3 Å². The second-order valence-corrected chi connectivity index (χ2v) is 5.91. The van der Waals surface area contributed by atoms with Crippen LogP contribution in [0.1, 0.15) is 23.2 Å². The number of carbonyl (C=O) groups is 1. The standard InChI is InChI=1S/C14H19IN2O2.ClH/c1-19-11-6-7-17(10(8-11)9-16)14(18)12-4-2-3-5-13(12)15;/h2-5,10-11H,6-9,16H2,1H3;1H. The summed E-state index contributed by atoms with van der Waals surface area (Å²) in [4.78, 5) is 14.5. The van der Waals surface area contributed by atoms with Crippen LogP contribution in [-0.4, -0.2) is 43.2 Å². The first kappa shape index (κ1) is 17.7. The van der Waals surface area contributed by atoms with Gasteiger partial charge in [-0.3, -0.25) is 4.79 Å². The largest absolute Gasteiger partial charge is 0.381 e. The molecule has 0 bridgehead atoms. The number of benzene rings is 1. The van der Waals surface area contributed by atoms with Crippen LogP contribution in [0.2, 0.25) is 0 Å². The molecule has 2 rings (SSSR count). The molecule has 1 saturated heterocycles. The lowest BCUT2D eigenvalue weighted by molar-refractivity contribution is 0.0138. The number of carbonyl (C=O) groups excluding carboxylic acids is 1. The van der Waals surface area contributed by atoms with Crippen molar-refractivity contribution in [2.75, 3.05) is 20.2 Å². The van der Waals surface area contributed by atoms with Gasteiger partial charge in [-0.15, -0.1) is 12.4 Å². The van der Waals surface area contributed by atoms with Gasteiger partial charge in [-0.05, 0) is 47.6 Å². The third kappa shape index (κ3) is 3.84. The Balaban J connectivity index is 0.00000200. The Labute approximate surface area is 139 Å². The van der Waals surface area contributed by atoms with Gasteiger partial charge in [0.2, 0.25) is 0 Å². The molecule has 112 valence electrons. The van der Waals surface area contributed by atoms with Crippen molar-refractivity contribution in [1.29, 1.82) is 0 Å². The van der Waals surface area contributed by atoms with E-state index in [2.05, 4.69) is 22.6 Å². The third-order valence-electron chi connectivity index (χ3n) is 3.64. The number of ether oxygens (including phenoxy) is 1. The van der Waals surface area contributed by atoms with Crippen LogP contribution in [-0.2, 0) is 4.74 Å². The number of halogens is 2. The van der Waals surface area contributed by atoms with Crippen molar-refractivity contribution in [3.8, 4) is 0 Å². The average Bonchev–Trinajstić information content (AvgIpc) is 2.46. The molecule has 1 fully saturated rings. The maximum absolute atomic E-state index is 12.6. The monoisotopic (exact) mass is 410 g/mol. The third-order valence-corrected chi connectivity index (χ3v) is 4.58. The molecule has 0 aromatic heterocycles. The minimum Gasteiger partial charge on any atom is -0.381 e. The first-order valence-corrected chi connectivity index (χ1v) is 7.53. The normalized spacial score (nSPS) is 22.2. The highest BCUT2D eigenvalue weighted by molar-refractivity contribution is 14.1. The number of nitrogens with two attached hydrogens (primary N) is 1. The van der Waals surface area contributed by atoms with Gasteiger partial charge in [-0.25, -0.2) is 0 Å². The van der Waals surface area contributed by atoms with Gasteiger partial charge in [0.1, 0.15) is 0 Å². The van der Waals surface area contributed by atoms with E-state index in [0.717, 1.165) is 22.0 Å². The van der Waals surface area contributed by atoms with Gasteiger partial charge in [0, 0.05) is 29.8 Å². The Kier molecular flexibility index (Phi) is 7.22. The molecule has 1 aliphatic rings. The SMILES string of the molecule is COC1CCN(C(=O)c2ccccc2I)C(CN)C1.Cl. The second-order valence-electron chi connectivity index (χ2n) is 4.75. The first-order valence-electron chi connectivity index (χ1n) is 6.45. The molecule has 2 atom stereocenters. The van der Waals surface area contributed by atoms with Crippen molar-refractivity contribution < 1.29 is 9.53 Å². The number of amides is 1. The van der Waals surface area contributed by atoms with Gasteiger partial charge in [0.15, 0.2) is 0 Å². The predicted molar refractivity (Wildman–Crippen MR) is 90.3 cm³/mol. The van der Waals surface area contributed by atoms with E-state index >= 15 is 0 Å². The molecule has 2 unspecified atom stereocenters. The zero-order chi connectivity index (χ0) is 13.8. The van der Waals surface area contributed by atoms with E-state index in [-0.39, 0.29) is 30.5 Å². The molecule has 2 N–H and O–H groups in total. The number of hydrogen-bond acceptors (Lipinski definition) is 3. The quantitative estimate of drug-likeness (QED) is 0.778. The molecule has 0 radical (unpaired) electrons. The molecule has 4 nitrogen and oxygen atoms in total. The summed E-state index contributed by atoms with van der Waals surface area (Å²) < 4.78 is 6.37. The number of likely N-dealkylation sites (tertiary alicyclic amines) is 1. The summed E-state index contributed by atoms with van der Waals surface area (Å²) in [6.07, 6.45) is 1.91. The summed E-state index contributed by atoms with van der Waals surface area (Å²) in [5.74, 6) is 0.0787. The Morgan fingerprint density at radius 1 is 1.50 bits per heavy atom. The zero-order valence-corrected chi connectivity index (χ0v) is 14.4. The van der Waals surface area contributed by atoms with E-state index in [4.69, 9.17) is 10.5 Å². The topological polar surface area (TPSA) is 55.6 Å². The van der Waals surface area contributed by atoms with E-state index in [1.807, 2.05) is 29.2 Å². The maximum atomic E-state index is 12.6. The number of rotatable bonds is 3. The maximum Gasteiger partial charge on any atom is 0.255 e. The van der Waals surface area contributed by atoms with Gasteiger partial charge in [-0.2, -0.15) is 0 Å². The van der Waals surface area contributed by atoms with Gasteiger partial charge < -0.3 is 15.4 Å². The number of piperidine rings is 1. The molecule has 0 aliphatic carbocycles. The molecule has 1 heterocycles. The fourth-order valence-corrected chi connectivity index (χ4v) is 3.13. The summed E-state index contributed by atoms with van der Waals surface area (Å²) in [6.45, 7) is 1.19. The van der Waals surface area contributed by atoms with Crippen LogP contribution in [0.3, 0.4) is 0 Å². The van der Waals surface area contributed by atoms with Gasteiger partial charge >= 0.3 is 0 Å². The highest BCUT2D eigenvalue weighted by Crippen LogP contribution is 2.23. The number of methoxy groups -OCH3 is 1. The van der Waals surface area contributed by atoms with Crippen molar-refractivity contribution in [3.05, 3.63) is 33.4 Å². The Bertz CT molecular complexity index is 459. The smallest absolute Gasteiger partial charge is 0.255 e. The minimum absolute atomic E-state index is 0. The molecule has 20 heavy (non-hydrogen) atoms. The lowest BCUT2D eigenvalue weighted by atomic mass is 9.98. The fraction of sp³-hybridized carbons (Fsp3) is 0.500. The summed E-state index contributed by atoms with van der Waals surface area (Å²) in [6, 6.07) is 7.74. The van der Waals surface area contributed by atoms with Crippen LogP contribution < -0.4 is 5.73 Å². The molecule has 0 spiro atoms. The Morgan fingerprint density at radius 2 is 2.20 bits per heavy atom. The second kappa shape index (κ2) is 8.17. The van der Waals surface area contributed by atoms with Crippen LogP contribution in [0.25, 0.3) is 0 Å². The van der Waals surface area contributed by atoms with Crippen LogP contribution >= 0.6 is 35.0 Å². The lowest BCUT2D eigenvalue weighted by Gasteiger charge is -2.38. The van der Waals surface area contributed by atoms with E-state index in [1.54, 1.807) is 7.11 Å². The molecule has 0 saturated carbocycles. The van der Waals surface area contributed by atoms with E-state index in [1.165, 1.54) is 0 Å². The zero-order valence-electron chi connectivity index (χ0n) is 11.4. The minimum atomic E-state index is 0. The summed E-state index contributed by atoms with van der Waals surface area (Å²) >= 11 is 2.20. The van der Waals surface area contributed by atoms with E-state index < -0.39 is 0 Å². The summed E-state index contributed by atoms with van der Waals surface area (Å²) in [7, 11) is 1.72. The molecular formula is C14H20ClIN2O2. The Hall–Kier alpha value is -0.370. The molecule has 1 aromatic rings. The van der Waals surface area contributed by atoms with Crippen LogP contribution in [0, 0.1) is 3.57 Å². The molecular weight excluding hydrogens is 391 g/mol. The van der Waals surface area contributed by atoms with Gasteiger partial charge in [0.05, 0.1) is 11.7 Å². The van der Waals surface area contributed by atoms with E-state index in [0.29, 0.717) is 13.1 Å². The van der Waals surface area contributed by atoms with Crippen molar-refractivity contribution in [3.63, 3.8) is 0 Å². The summed E-state index contributed by atoms with van der Waals surface area (Å²) in [5.41, 5.74) is 6.57. The van der Waals surface area contributed by atoms with Crippen molar-refractivity contribution in [2.45, 2.75) is 25.0 Å². The lowest BCUT2D eigenvalue weighted by Crippen LogP contribution is -2.51. The van der Waals surface area contributed by atoms with Crippen LogP contribution in [0.4, 0.5) is 0 Å². The van der Waals surface area contributed by atoms with Gasteiger partial charge in [0.25, 0.3) is 5.91 Å². The van der Waals surface area contributed by atoms with Crippen molar-refractivity contribution >= 4 is 40.9 Å². The molecule has 1 aromatic carbocycles. The predicted octanol–water partition coefficient (Wildman–Crippen LogP) is 2.29. The summed E-state index contributed by atoms with van der Waals surface area (Å²) in [5, 5.41) is 0. The fourth-order valence-electron chi connectivity index (χ4n) is 2.51. The van der Waals surface area contributed by atoms with E-state index in [9.17, 15) is 4.79 Å². The molecule has 6 heteroatoms. The van der Waals surface area contributed by atoms with Gasteiger partial charge in [-0.1, -0.05) is 12.1 Å². The van der Waals surface area contributed by atoms with Crippen LogP contribution in [0.5, 0.6) is 0 Å². The highest BCUT2D eigenvalue weighted by Gasteiger charge is 2.31. The highest BCUT2D eigenvalue weighted by atomic mass is 127. The molecule has 1 amide bonds. The number of hydrogen-bond donors (Lipinski definition) is 1. The molecule has 1 aliphatic heterocycles. The van der Waals surface area contributed by atoms with Crippen molar-refractivity contribution in [1.82, 2.24) is 4.90 Å². The average molecular weight is 411 g/mol.